The number of hydrogen-bond acceptors (Lipinski definition) is 3. The summed E-state index contributed by atoms with van der Waals surface area (Å²) in [5.41, 5.74) is 4.01. The summed E-state index contributed by atoms with van der Waals surface area (Å²) in [6.07, 6.45) is 0. The molecule has 0 spiro atoms. The Hall–Kier alpha value is -1.22. The van der Waals surface area contributed by atoms with Crippen LogP contribution in [-0.2, 0) is 4.74 Å². The predicted molar refractivity (Wildman–Crippen MR) is 82.3 cm³/mol. The third-order valence-electron chi connectivity index (χ3n) is 3.46. The zero-order chi connectivity index (χ0) is 13.8. The molecule has 0 aromatic heterocycles. The van der Waals surface area contributed by atoms with E-state index in [-0.39, 0.29) is 0 Å². The van der Waals surface area contributed by atoms with Gasteiger partial charge in [-0.05, 0) is 43.5 Å². The lowest BCUT2D eigenvalue weighted by atomic mass is 9.99. The predicted octanol–water partition coefficient (Wildman–Crippen LogP) is 3.47. The smallest absolute Gasteiger partial charge is 0.0642 e. The third-order valence-corrected chi connectivity index (χ3v) is 3.46. The first kappa shape index (κ1) is 14.2. The van der Waals surface area contributed by atoms with Crippen LogP contribution < -0.4 is 10.2 Å². The topological polar surface area (TPSA) is 24.5 Å². The monoisotopic (exact) mass is 262 g/mol. The van der Waals surface area contributed by atoms with Crippen LogP contribution in [0.25, 0.3) is 0 Å². The maximum absolute atomic E-state index is 5.44. The lowest BCUT2D eigenvalue weighted by molar-refractivity contribution is 0.122. The average Bonchev–Trinajstić information content (AvgIpc) is 2.39. The van der Waals surface area contributed by atoms with Crippen LogP contribution in [0, 0.1) is 0 Å². The first-order chi connectivity index (χ1) is 9.08. The number of nitrogens with zero attached hydrogens (tertiary/aromatic N) is 1. The Labute approximate surface area is 116 Å². The normalized spacial score (nSPS) is 16.2. The molecule has 1 aliphatic rings. The molecule has 0 amide bonds. The number of morpholine rings is 1. The number of nitrogens with one attached hydrogen (secondary N) is 1. The minimum Gasteiger partial charge on any atom is -0.383 e. The number of rotatable bonds is 4. The molecule has 0 unspecified atom stereocenters. The standard InChI is InChI=1S/C16H26N2O/c1-12(2)15-11-14(17-13(3)4)5-6-16(15)18-7-9-19-10-8-18/h5-6,11-13,17H,7-10H2,1-4H3. The van der Waals surface area contributed by atoms with E-state index in [9.17, 15) is 0 Å². The van der Waals surface area contributed by atoms with Crippen molar-refractivity contribution < 1.29 is 4.74 Å². The maximum atomic E-state index is 5.44. The van der Waals surface area contributed by atoms with Crippen molar-refractivity contribution in [1.29, 1.82) is 0 Å². The molecule has 0 aliphatic carbocycles. The summed E-state index contributed by atoms with van der Waals surface area (Å²) in [6.45, 7) is 12.5. The fraction of sp³-hybridized carbons (Fsp3) is 0.625. The minimum absolute atomic E-state index is 0.467. The minimum atomic E-state index is 0.467. The van der Waals surface area contributed by atoms with Gasteiger partial charge in [-0.3, -0.25) is 0 Å². The summed E-state index contributed by atoms with van der Waals surface area (Å²) in [7, 11) is 0. The number of ether oxygens (including phenoxy) is 1. The van der Waals surface area contributed by atoms with Gasteiger partial charge in [-0.2, -0.15) is 0 Å². The quantitative estimate of drug-likeness (QED) is 0.899. The van der Waals surface area contributed by atoms with E-state index in [0.717, 1.165) is 26.3 Å². The SMILES string of the molecule is CC(C)Nc1ccc(N2CCOCC2)c(C(C)C)c1. The molecule has 3 heteroatoms. The zero-order valence-corrected chi connectivity index (χ0v) is 12.6. The van der Waals surface area contributed by atoms with Crippen molar-refractivity contribution >= 4 is 11.4 Å². The van der Waals surface area contributed by atoms with Crippen molar-refractivity contribution in [2.45, 2.75) is 39.7 Å². The van der Waals surface area contributed by atoms with E-state index in [1.807, 2.05) is 0 Å². The van der Waals surface area contributed by atoms with Gasteiger partial charge in [-0.15, -0.1) is 0 Å². The summed E-state index contributed by atoms with van der Waals surface area (Å²) in [5.74, 6) is 0.534. The van der Waals surface area contributed by atoms with Crippen molar-refractivity contribution in [2.24, 2.45) is 0 Å². The Balaban J connectivity index is 2.26. The second-order valence-electron chi connectivity index (χ2n) is 5.83. The van der Waals surface area contributed by atoms with E-state index in [2.05, 4.69) is 56.1 Å². The molecular weight excluding hydrogens is 236 g/mol. The van der Waals surface area contributed by atoms with Gasteiger partial charge in [0.2, 0.25) is 0 Å². The van der Waals surface area contributed by atoms with Crippen LogP contribution in [0.3, 0.4) is 0 Å². The van der Waals surface area contributed by atoms with Gasteiger partial charge in [0.15, 0.2) is 0 Å². The van der Waals surface area contributed by atoms with E-state index in [1.165, 1.54) is 16.9 Å². The molecule has 1 saturated heterocycles. The Bertz CT molecular complexity index is 409. The van der Waals surface area contributed by atoms with E-state index in [4.69, 9.17) is 4.74 Å². The Morgan fingerprint density at radius 2 is 1.79 bits per heavy atom. The highest BCUT2D eigenvalue weighted by Gasteiger charge is 2.16. The molecule has 1 aromatic rings. The fourth-order valence-corrected chi connectivity index (χ4v) is 2.53. The van der Waals surface area contributed by atoms with Crippen LogP contribution in [-0.4, -0.2) is 32.3 Å². The summed E-state index contributed by atoms with van der Waals surface area (Å²) in [6, 6.07) is 7.21. The molecule has 19 heavy (non-hydrogen) atoms. The van der Waals surface area contributed by atoms with Crippen molar-refractivity contribution in [3.63, 3.8) is 0 Å². The molecule has 0 radical (unpaired) electrons. The molecule has 1 aromatic carbocycles. The van der Waals surface area contributed by atoms with Crippen LogP contribution in [0.5, 0.6) is 0 Å². The molecule has 3 nitrogen and oxygen atoms in total. The van der Waals surface area contributed by atoms with Gasteiger partial charge in [0.05, 0.1) is 13.2 Å². The molecule has 0 bridgehead atoms. The van der Waals surface area contributed by atoms with Crippen molar-refractivity contribution in [3.8, 4) is 0 Å². The first-order valence-electron chi connectivity index (χ1n) is 7.31. The third kappa shape index (κ3) is 3.63. The van der Waals surface area contributed by atoms with Crippen LogP contribution in [0.15, 0.2) is 18.2 Å². The highest BCUT2D eigenvalue weighted by atomic mass is 16.5. The van der Waals surface area contributed by atoms with E-state index in [1.54, 1.807) is 0 Å². The van der Waals surface area contributed by atoms with Gasteiger partial charge in [-0.25, -0.2) is 0 Å². The number of benzene rings is 1. The lowest BCUT2D eigenvalue weighted by Crippen LogP contribution is -2.36. The van der Waals surface area contributed by atoms with Gasteiger partial charge in [0.1, 0.15) is 0 Å². The Kier molecular flexibility index (Phi) is 4.70. The molecule has 1 heterocycles. The van der Waals surface area contributed by atoms with E-state index >= 15 is 0 Å². The second kappa shape index (κ2) is 6.29. The summed E-state index contributed by atoms with van der Waals surface area (Å²) in [5, 5.41) is 3.49. The van der Waals surface area contributed by atoms with Gasteiger partial charge in [0.25, 0.3) is 0 Å². The largest absolute Gasteiger partial charge is 0.383 e. The Morgan fingerprint density at radius 1 is 1.11 bits per heavy atom. The van der Waals surface area contributed by atoms with Crippen molar-refractivity contribution in [3.05, 3.63) is 23.8 Å². The number of anilines is 2. The molecular formula is C16H26N2O. The summed E-state index contributed by atoms with van der Waals surface area (Å²) >= 11 is 0. The van der Waals surface area contributed by atoms with Gasteiger partial charge >= 0.3 is 0 Å². The molecule has 0 saturated carbocycles. The highest BCUT2D eigenvalue weighted by molar-refractivity contribution is 5.62. The lowest BCUT2D eigenvalue weighted by Gasteiger charge is -2.32. The van der Waals surface area contributed by atoms with Crippen LogP contribution in [0.4, 0.5) is 11.4 Å². The molecule has 0 atom stereocenters. The van der Waals surface area contributed by atoms with E-state index < -0.39 is 0 Å². The van der Waals surface area contributed by atoms with Crippen molar-refractivity contribution in [2.75, 3.05) is 36.5 Å². The van der Waals surface area contributed by atoms with Crippen LogP contribution in [0.2, 0.25) is 0 Å². The molecule has 1 N–H and O–H groups in total. The Morgan fingerprint density at radius 3 is 2.37 bits per heavy atom. The molecule has 2 rings (SSSR count). The van der Waals surface area contributed by atoms with Crippen molar-refractivity contribution in [1.82, 2.24) is 0 Å². The summed E-state index contributed by atoms with van der Waals surface area (Å²) in [4.78, 5) is 2.44. The maximum Gasteiger partial charge on any atom is 0.0642 e. The van der Waals surface area contributed by atoms with Crippen LogP contribution in [0.1, 0.15) is 39.2 Å². The fourth-order valence-electron chi connectivity index (χ4n) is 2.53. The zero-order valence-electron chi connectivity index (χ0n) is 12.6. The summed E-state index contributed by atoms with van der Waals surface area (Å²) < 4.78 is 5.44. The van der Waals surface area contributed by atoms with E-state index in [0.29, 0.717) is 12.0 Å². The van der Waals surface area contributed by atoms with Crippen LogP contribution >= 0.6 is 0 Å². The first-order valence-corrected chi connectivity index (χ1v) is 7.31. The molecule has 1 fully saturated rings. The molecule has 1 aliphatic heterocycles. The van der Waals surface area contributed by atoms with Gasteiger partial charge in [-0.1, -0.05) is 13.8 Å². The number of hydrogen-bond donors (Lipinski definition) is 1. The second-order valence-corrected chi connectivity index (χ2v) is 5.83. The average molecular weight is 262 g/mol. The van der Waals surface area contributed by atoms with Gasteiger partial charge in [0, 0.05) is 30.5 Å². The highest BCUT2D eigenvalue weighted by Crippen LogP contribution is 2.31. The molecule has 106 valence electrons. The van der Waals surface area contributed by atoms with Gasteiger partial charge < -0.3 is 15.0 Å².